The zero-order chi connectivity index (χ0) is 20.5. The first-order valence-electron chi connectivity index (χ1n) is 9.58. The Hall–Kier alpha value is -3.02. The molecule has 0 aliphatic heterocycles. The average molecular weight is 383 g/mol. The summed E-state index contributed by atoms with van der Waals surface area (Å²) in [5.41, 5.74) is 1.93. The fraction of sp³-hybridized carbons (Fsp3) is 0.364. The van der Waals surface area contributed by atoms with Gasteiger partial charge in [0.15, 0.2) is 0 Å². The van der Waals surface area contributed by atoms with Gasteiger partial charge in [0.05, 0.1) is 12.6 Å². The molecule has 6 heteroatoms. The second-order valence-electron chi connectivity index (χ2n) is 6.96. The molecular formula is C22H29N3O3. The Labute approximate surface area is 166 Å². The van der Waals surface area contributed by atoms with Crippen molar-refractivity contribution < 1.29 is 14.3 Å². The van der Waals surface area contributed by atoms with Crippen LogP contribution in [-0.2, 0) is 4.79 Å². The molecule has 0 heterocycles. The quantitative estimate of drug-likeness (QED) is 0.610. The topological polar surface area (TPSA) is 79.5 Å². The molecule has 150 valence electrons. The van der Waals surface area contributed by atoms with Gasteiger partial charge in [0.2, 0.25) is 5.91 Å². The molecule has 0 saturated carbocycles. The summed E-state index contributed by atoms with van der Waals surface area (Å²) in [5.74, 6) is 0.451. The van der Waals surface area contributed by atoms with Crippen LogP contribution in [0.3, 0.4) is 0 Å². The number of hydrogen-bond acceptors (Lipinski definition) is 4. The molecule has 2 aromatic carbocycles. The van der Waals surface area contributed by atoms with Crippen molar-refractivity contribution in [1.29, 1.82) is 0 Å². The predicted octanol–water partition coefficient (Wildman–Crippen LogP) is 4.05. The van der Waals surface area contributed by atoms with E-state index in [1.165, 1.54) is 0 Å². The summed E-state index contributed by atoms with van der Waals surface area (Å²) in [7, 11) is 0. The second kappa shape index (κ2) is 10.3. The number of hydrogen-bond donors (Lipinski definition) is 3. The number of ether oxygens (including phenoxy) is 1. The van der Waals surface area contributed by atoms with Crippen LogP contribution in [-0.4, -0.2) is 30.5 Å². The fourth-order valence-corrected chi connectivity index (χ4v) is 2.46. The summed E-state index contributed by atoms with van der Waals surface area (Å²) in [6.45, 7) is 8.03. The monoisotopic (exact) mass is 383 g/mol. The van der Waals surface area contributed by atoms with Crippen LogP contribution in [0.25, 0.3) is 0 Å². The number of benzene rings is 2. The molecular weight excluding hydrogens is 354 g/mol. The highest BCUT2D eigenvalue weighted by Crippen LogP contribution is 2.17. The second-order valence-corrected chi connectivity index (χ2v) is 6.96. The van der Waals surface area contributed by atoms with E-state index in [0.717, 1.165) is 17.9 Å². The van der Waals surface area contributed by atoms with Crippen molar-refractivity contribution >= 4 is 23.2 Å². The van der Waals surface area contributed by atoms with Crippen molar-refractivity contribution in [2.45, 2.75) is 46.3 Å². The molecule has 0 saturated heterocycles. The molecule has 2 amide bonds. The average Bonchev–Trinajstić information content (AvgIpc) is 2.67. The Bertz CT molecular complexity index is 788. The summed E-state index contributed by atoms with van der Waals surface area (Å²) in [6, 6.07) is 14.5. The minimum atomic E-state index is -0.193. The number of rotatable bonds is 9. The molecule has 0 fully saturated rings. The summed E-state index contributed by atoms with van der Waals surface area (Å²) in [6.07, 6.45) is 0.978. The molecule has 2 aromatic rings. The van der Waals surface area contributed by atoms with Crippen molar-refractivity contribution in [2.24, 2.45) is 0 Å². The largest absolute Gasteiger partial charge is 0.491 e. The molecule has 2 rings (SSSR count). The molecule has 0 aromatic heterocycles. The van der Waals surface area contributed by atoms with E-state index < -0.39 is 0 Å². The zero-order valence-electron chi connectivity index (χ0n) is 16.9. The van der Waals surface area contributed by atoms with Crippen LogP contribution in [0.1, 0.15) is 44.5 Å². The molecule has 3 N–H and O–H groups in total. The van der Waals surface area contributed by atoms with E-state index in [2.05, 4.69) is 16.0 Å². The van der Waals surface area contributed by atoms with Gasteiger partial charge >= 0.3 is 0 Å². The fourth-order valence-electron chi connectivity index (χ4n) is 2.46. The number of nitrogens with one attached hydrogen (secondary N) is 3. The molecule has 28 heavy (non-hydrogen) atoms. The van der Waals surface area contributed by atoms with Crippen molar-refractivity contribution in [2.75, 3.05) is 17.2 Å². The number of carbonyl (C=O) groups excluding carboxylic acids is 2. The van der Waals surface area contributed by atoms with Gasteiger partial charge in [0.25, 0.3) is 5.91 Å². The lowest BCUT2D eigenvalue weighted by Crippen LogP contribution is -2.32. The summed E-state index contributed by atoms with van der Waals surface area (Å²) >= 11 is 0. The molecule has 0 bridgehead atoms. The Morgan fingerprint density at radius 1 is 1.00 bits per heavy atom. The molecule has 1 atom stereocenters. The van der Waals surface area contributed by atoms with Crippen molar-refractivity contribution in [3.05, 3.63) is 54.1 Å². The van der Waals surface area contributed by atoms with E-state index in [9.17, 15) is 9.59 Å². The normalized spacial score (nSPS) is 11.6. The van der Waals surface area contributed by atoms with Gasteiger partial charge in [0, 0.05) is 23.0 Å². The maximum atomic E-state index is 12.2. The van der Waals surface area contributed by atoms with Gasteiger partial charge in [-0.15, -0.1) is 0 Å². The van der Waals surface area contributed by atoms with Crippen LogP contribution in [0.5, 0.6) is 5.75 Å². The first kappa shape index (κ1) is 21.3. The predicted molar refractivity (Wildman–Crippen MR) is 113 cm³/mol. The molecule has 0 aliphatic rings. The third kappa shape index (κ3) is 6.95. The zero-order valence-corrected chi connectivity index (χ0v) is 16.9. The van der Waals surface area contributed by atoms with Gasteiger partial charge in [0.1, 0.15) is 5.75 Å². The number of anilines is 2. The van der Waals surface area contributed by atoms with Gasteiger partial charge in [-0.1, -0.05) is 13.0 Å². The SMILES string of the molecule is CCC(C)NC(=O)c1cccc(NC(=O)CNc2ccc(OC(C)C)cc2)c1. The van der Waals surface area contributed by atoms with Gasteiger partial charge in [-0.05, 0) is 69.7 Å². The minimum Gasteiger partial charge on any atom is -0.491 e. The van der Waals surface area contributed by atoms with Crippen LogP contribution in [0.15, 0.2) is 48.5 Å². The van der Waals surface area contributed by atoms with Gasteiger partial charge < -0.3 is 20.7 Å². The van der Waals surface area contributed by atoms with Crippen LogP contribution in [0.2, 0.25) is 0 Å². The van der Waals surface area contributed by atoms with Crippen LogP contribution >= 0.6 is 0 Å². The molecule has 1 unspecified atom stereocenters. The van der Waals surface area contributed by atoms with E-state index in [1.807, 2.05) is 52.0 Å². The number of amides is 2. The van der Waals surface area contributed by atoms with Gasteiger partial charge in [-0.2, -0.15) is 0 Å². The molecule has 0 radical (unpaired) electrons. The standard InChI is InChI=1S/C22H29N3O3/c1-5-16(4)24-22(27)17-7-6-8-19(13-17)25-21(26)14-23-18-9-11-20(12-10-18)28-15(2)3/h6-13,15-16,23H,5,14H2,1-4H3,(H,24,27)(H,25,26). The van der Waals surface area contributed by atoms with E-state index >= 15 is 0 Å². The summed E-state index contributed by atoms with van der Waals surface area (Å²) < 4.78 is 5.60. The maximum Gasteiger partial charge on any atom is 0.251 e. The lowest BCUT2D eigenvalue weighted by molar-refractivity contribution is -0.114. The maximum absolute atomic E-state index is 12.2. The Balaban J connectivity index is 1.87. The lowest BCUT2D eigenvalue weighted by Gasteiger charge is -2.13. The Morgan fingerprint density at radius 3 is 2.36 bits per heavy atom. The van der Waals surface area contributed by atoms with Crippen LogP contribution < -0.4 is 20.7 Å². The third-order valence-electron chi connectivity index (χ3n) is 4.08. The molecule has 0 spiro atoms. The van der Waals surface area contributed by atoms with Crippen LogP contribution in [0.4, 0.5) is 11.4 Å². The summed E-state index contributed by atoms with van der Waals surface area (Å²) in [4.78, 5) is 24.4. The highest BCUT2D eigenvalue weighted by Gasteiger charge is 2.10. The van der Waals surface area contributed by atoms with Crippen molar-refractivity contribution in [3.63, 3.8) is 0 Å². The Morgan fingerprint density at radius 2 is 1.71 bits per heavy atom. The third-order valence-corrected chi connectivity index (χ3v) is 4.08. The van der Waals surface area contributed by atoms with E-state index in [4.69, 9.17) is 4.74 Å². The van der Waals surface area contributed by atoms with Crippen molar-refractivity contribution in [3.8, 4) is 5.75 Å². The first-order chi connectivity index (χ1) is 13.4. The number of carbonyl (C=O) groups is 2. The lowest BCUT2D eigenvalue weighted by atomic mass is 10.1. The Kier molecular flexibility index (Phi) is 7.87. The van der Waals surface area contributed by atoms with Crippen LogP contribution in [0, 0.1) is 0 Å². The van der Waals surface area contributed by atoms with E-state index in [1.54, 1.807) is 24.3 Å². The summed E-state index contributed by atoms with van der Waals surface area (Å²) in [5, 5.41) is 8.79. The smallest absolute Gasteiger partial charge is 0.251 e. The first-order valence-corrected chi connectivity index (χ1v) is 9.58. The van der Waals surface area contributed by atoms with Gasteiger partial charge in [-0.3, -0.25) is 9.59 Å². The minimum absolute atomic E-state index is 0.104. The highest BCUT2D eigenvalue weighted by atomic mass is 16.5. The molecule has 6 nitrogen and oxygen atoms in total. The van der Waals surface area contributed by atoms with Gasteiger partial charge in [-0.25, -0.2) is 0 Å². The van der Waals surface area contributed by atoms with Crippen molar-refractivity contribution in [1.82, 2.24) is 5.32 Å². The molecule has 0 aliphatic carbocycles. The van der Waals surface area contributed by atoms with E-state index in [-0.39, 0.29) is 30.5 Å². The van der Waals surface area contributed by atoms with E-state index in [0.29, 0.717) is 11.3 Å². The highest BCUT2D eigenvalue weighted by molar-refractivity contribution is 5.98.